The smallest absolute Gasteiger partial charge is 0.333 e. The summed E-state index contributed by atoms with van der Waals surface area (Å²) in [5.41, 5.74) is 25.7. The van der Waals surface area contributed by atoms with Crippen LogP contribution in [0.5, 0.6) is 0 Å². The van der Waals surface area contributed by atoms with Gasteiger partial charge in [0.25, 0.3) is 0 Å². The zero-order valence-electron chi connectivity index (χ0n) is 40.7. The summed E-state index contributed by atoms with van der Waals surface area (Å²) >= 11 is 0. The number of rotatable bonds is 3. The normalized spacial score (nSPS) is 17.5. The van der Waals surface area contributed by atoms with Crippen LogP contribution in [-0.2, 0) is 21.7 Å². The number of anilines is 5. The Balaban J connectivity index is 1.15. The molecule has 4 heteroatoms. The minimum absolute atomic E-state index is 0.00843. The van der Waals surface area contributed by atoms with Gasteiger partial charge in [0.15, 0.2) is 5.58 Å². The van der Waals surface area contributed by atoms with Crippen LogP contribution in [0.1, 0.15) is 98.9 Å². The van der Waals surface area contributed by atoms with Crippen LogP contribution in [0.3, 0.4) is 0 Å². The van der Waals surface area contributed by atoms with Crippen molar-refractivity contribution >= 4 is 68.1 Å². The molecule has 10 aromatic rings. The number of fused-ring (bicyclic) bond motifs is 15. The lowest BCUT2D eigenvalue weighted by atomic mass is 9.41. The monoisotopic (exact) mass is 900 g/mol. The summed E-state index contributed by atoms with van der Waals surface area (Å²) in [6.07, 6.45) is 2.31. The molecule has 9 aromatic carbocycles. The van der Waals surface area contributed by atoms with E-state index in [4.69, 9.17) is 4.42 Å². The zero-order valence-corrected chi connectivity index (χ0v) is 40.7. The fraction of sp³-hybridized carbons (Fsp3) is 0.182. The molecule has 15 rings (SSSR count). The summed E-state index contributed by atoms with van der Waals surface area (Å²) in [5.74, 6) is 0. The lowest BCUT2D eigenvalue weighted by Gasteiger charge is -2.52. The van der Waals surface area contributed by atoms with E-state index < -0.39 is 5.41 Å². The van der Waals surface area contributed by atoms with Gasteiger partial charge in [-0.3, -0.25) is 0 Å². The molecule has 0 spiro atoms. The number of para-hydroxylation sites is 3. The Bertz CT molecular complexity index is 3860. The van der Waals surface area contributed by atoms with E-state index in [0.717, 1.165) is 34.0 Å². The van der Waals surface area contributed by atoms with Gasteiger partial charge in [-0.25, -0.2) is 0 Å². The molecule has 0 radical (unpaired) electrons. The molecule has 70 heavy (non-hydrogen) atoms. The lowest BCUT2D eigenvalue weighted by molar-refractivity contribution is 0.332. The molecule has 4 heterocycles. The van der Waals surface area contributed by atoms with Crippen LogP contribution in [0.4, 0.5) is 28.4 Å². The van der Waals surface area contributed by atoms with Crippen molar-refractivity contribution in [3.05, 3.63) is 233 Å². The summed E-state index contributed by atoms with van der Waals surface area (Å²) in [6, 6.07) is 71.7. The minimum Gasteiger partial charge on any atom is -0.454 e. The summed E-state index contributed by atoms with van der Waals surface area (Å²) in [7, 11) is 0. The van der Waals surface area contributed by atoms with Crippen LogP contribution in [0.15, 0.2) is 192 Å². The van der Waals surface area contributed by atoms with Gasteiger partial charge >= 0.3 is 6.85 Å². The third-order valence-electron chi connectivity index (χ3n) is 17.7. The van der Waals surface area contributed by atoms with E-state index in [1.54, 1.807) is 0 Å². The van der Waals surface area contributed by atoms with Gasteiger partial charge in [0.1, 0.15) is 5.58 Å². The largest absolute Gasteiger partial charge is 0.454 e. The van der Waals surface area contributed by atoms with Crippen LogP contribution in [0, 0.1) is 0 Å². The van der Waals surface area contributed by atoms with Gasteiger partial charge in [0.05, 0.1) is 16.8 Å². The van der Waals surface area contributed by atoms with Crippen molar-refractivity contribution in [2.24, 2.45) is 0 Å². The molecule has 0 saturated carbocycles. The quantitative estimate of drug-likeness (QED) is 0.165. The van der Waals surface area contributed by atoms with Crippen molar-refractivity contribution in [1.82, 2.24) is 0 Å². The Hall–Kier alpha value is -7.56. The molecular weight excluding hydrogens is 848 g/mol. The molecule has 3 nitrogen and oxygen atoms in total. The molecule has 0 unspecified atom stereocenters. The first-order valence-electron chi connectivity index (χ1n) is 25.3. The molecule has 5 aliphatic rings. The van der Waals surface area contributed by atoms with Gasteiger partial charge < -0.3 is 14.1 Å². The number of nitrogens with zero attached hydrogens (tertiary/aromatic N) is 2. The number of benzene rings is 9. The maximum Gasteiger partial charge on any atom is 0.333 e. The van der Waals surface area contributed by atoms with E-state index in [9.17, 15) is 0 Å². The van der Waals surface area contributed by atoms with Crippen molar-refractivity contribution < 1.29 is 4.42 Å². The average molecular weight is 901 g/mol. The van der Waals surface area contributed by atoms with Gasteiger partial charge in [-0.05, 0) is 132 Å². The zero-order chi connectivity index (χ0) is 47.1. The SMILES string of the molecule is CC1(C)CCC(C)(C)c2cc(N3B4c5cccc6c5N(c5ccccc5C6(c5ccccc5)c5ccccc5)c5cc6c(c(c54)-c4ccc5c(oc7ccccc75)c43)C(C)(C)c3ccccc3-6)ccc21. The summed E-state index contributed by atoms with van der Waals surface area (Å²) < 4.78 is 7.29. The molecule has 2 aliphatic carbocycles. The fourth-order valence-electron chi connectivity index (χ4n) is 14.5. The molecule has 0 fully saturated rings. The van der Waals surface area contributed by atoms with Crippen LogP contribution in [0.2, 0.25) is 0 Å². The van der Waals surface area contributed by atoms with E-state index in [1.807, 2.05) is 0 Å². The Labute approximate surface area is 411 Å². The van der Waals surface area contributed by atoms with E-state index in [1.165, 1.54) is 107 Å². The Kier molecular flexibility index (Phi) is 7.84. The molecule has 0 amide bonds. The Morgan fingerprint density at radius 2 is 1.13 bits per heavy atom. The molecule has 0 N–H and O–H groups in total. The second kappa shape index (κ2) is 13.6. The maximum absolute atomic E-state index is 7.29. The Morgan fingerprint density at radius 1 is 0.471 bits per heavy atom. The number of hydrogen-bond donors (Lipinski definition) is 0. The molecule has 3 aliphatic heterocycles. The van der Waals surface area contributed by atoms with E-state index in [2.05, 4.69) is 239 Å². The van der Waals surface area contributed by atoms with Crippen molar-refractivity contribution in [3.63, 3.8) is 0 Å². The second-order valence-electron chi connectivity index (χ2n) is 22.6. The third-order valence-corrected chi connectivity index (χ3v) is 17.7. The van der Waals surface area contributed by atoms with Crippen LogP contribution < -0.4 is 20.6 Å². The van der Waals surface area contributed by atoms with Crippen LogP contribution >= 0.6 is 0 Å². The van der Waals surface area contributed by atoms with Gasteiger partial charge in [0.2, 0.25) is 0 Å². The predicted octanol–water partition coefficient (Wildman–Crippen LogP) is 15.6. The van der Waals surface area contributed by atoms with Crippen molar-refractivity contribution in [1.29, 1.82) is 0 Å². The highest BCUT2D eigenvalue weighted by molar-refractivity contribution is 6.94. The summed E-state index contributed by atoms with van der Waals surface area (Å²) in [4.78, 5) is 5.40. The average Bonchev–Trinajstić information content (AvgIpc) is 3.88. The minimum atomic E-state index is -0.614. The maximum atomic E-state index is 7.29. The highest BCUT2D eigenvalue weighted by atomic mass is 16.3. The van der Waals surface area contributed by atoms with Crippen LogP contribution in [-0.4, -0.2) is 6.85 Å². The molecule has 0 saturated heterocycles. The lowest BCUT2D eigenvalue weighted by Crippen LogP contribution is -2.63. The topological polar surface area (TPSA) is 19.6 Å². The fourth-order valence-corrected chi connectivity index (χ4v) is 14.5. The molecule has 0 atom stereocenters. The second-order valence-corrected chi connectivity index (χ2v) is 22.6. The third kappa shape index (κ3) is 4.92. The number of furan rings is 1. The van der Waals surface area contributed by atoms with E-state index in [0.29, 0.717) is 0 Å². The van der Waals surface area contributed by atoms with Gasteiger partial charge in [-0.2, -0.15) is 0 Å². The molecular formula is C66H53BN2O. The highest BCUT2D eigenvalue weighted by Gasteiger charge is 2.55. The van der Waals surface area contributed by atoms with Gasteiger partial charge in [0, 0.05) is 38.8 Å². The van der Waals surface area contributed by atoms with E-state index >= 15 is 0 Å². The summed E-state index contributed by atoms with van der Waals surface area (Å²) in [6.45, 7) is 14.5. The first-order valence-corrected chi connectivity index (χ1v) is 25.3. The predicted molar refractivity (Wildman–Crippen MR) is 292 cm³/mol. The summed E-state index contributed by atoms with van der Waals surface area (Å²) in [5, 5.41) is 2.29. The van der Waals surface area contributed by atoms with Crippen molar-refractivity contribution in [2.75, 3.05) is 9.71 Å². The standard InChI is InChI=1S/C66H53BN2O/c1-63(2)36-37-64(3,4)52-38-42(32-35-49(52)63)69-60-46(34-33-45-44-25-14-18-31-56(44)70-62(45)60)57-58-47(43-24-13-15-26-48(43)65(58,5)6)39-55-59(57)67(69)53-29-19-28-51-61(53)68(55)54-30-17-16-27-50(54)66(51,40-20-9-7-10-21-40)41-22-11-8-12-23-41/h7-35,38-39H,36-37H2,1-6H3. The molecule has 1 aromatic heterocycles. The van der Waals surface area contributed by atoms with Gasteiger partial charge in [-0.1, -0.05) is 193 Å². The Morgan fingerprint density at radius 3 is 1.90 bits per heavy atom. The van der Waals surface area contributed by atoms with E-state index in [-0.39, 0.29) is 23.1 Å². The van der Waals surface area contributed by atoms with Crippen molar-refractivity contribution in [3.8, 4) is 22.3 Å². The first-order chi connectivity index (χ1) is 34.0. The first kappa shape index (κ1) is 40.3. The van der Waals surface area contributed by atoms with Crippen LogP contribution in [0.25, 0.3) is 44.2 Å². The van der Waals surface area contributed by atoms with Crippen molar-refractivity contribution in [2.45, 2.75) is 76.0 Å². The number of hydrogen-bond acceptors (Lipinski definition) is 3. The van der Waals surface area contributed by atoms with Gasteiger partial charge in [-0.15, -0.1) is 0 Å². The molecule has 336 valence electrons. The highest BCUT2D eigenvalue weighted by Crippen LogP contribution is 2.63. The molecule has 0 bridgehead atoms.